The van der Waals surface area contributed by atoms with Crippen molar-refractivity contribution in [3.05, 3.63) is 59.3 Å². The Morgan fingerprint density at radius 2 is 1.92 bits per heavy atom. The lowest BCUT2D eigenvalue weighted by Crippen LogP contribution is -2.18. The smallest absolute Gasteiger partial charge is 0.0956 e. The maximum atomic E-state index is 5.59. The summed E-state index contributed by atoms with van der Waals surface area (Å²) in [6.07, 6.45) is 5.11. The minimum absolute atomic E-state index is 0.507. The maximum Gasteiger partial charge on any atom is 0.0956 e. The van der Waals surface area contributed by atoms with Crippen LogP contribution in [0.4, 0.5) is 0 Å². The average Bonchev–Trinajstić information content (AvgIpc) is 3.25. The van der Waals surface area contributed by atoms with Gasteiger partial charge in [0.05, 0.1) is 17.7 Å². The summed E-state index contributed by atoms with van der Waals surface area (Å²) in [4.78, 5) is 4.81. The van der Waals surface area contributed by atoms with Crippen molar-refractivity contribution in [2.75, 3.05) is 13.2 Å². The predicted molar refractivity (Wildman–Crippen MR) is 102 cm³/mol. The fourth-order valence-corrected chi connectivity index (χ4v) is 3.96. The number of aryl methyl sites for hydroxylation is 3. The topological polar surface area (TPSA) is 55.7 Å². The van der Waals surface area contributed by atoms with Gasteiger partial charge in [0.25, 0.3) is 0 Å². The lowest BCUT2D eigenvalue weighted by atomic mass is 9.92. The third kappa shape index (κ3) is 3.31. The summed E-state index contributed by atoms with van der Waals surface area (Å²) < 4.78 is 7.94. The van der Waals surface area contributed by atoms with E-state index >= 15 is 0 Å². The Morgan fingerprint density at radius 3 is 2.62 bits per heavy atom. The summed E-state index contributed by atoms with van der Waals surface area (Å²) in [5.74, 6) is 0.507. The molecule has 1 aliphatic rings. The van der Waals surface area contributed by atoms with Crippen molar-refractivity contribution in [2.24, 2.45) is 0 Å². The van der Waals surface area contributed by atoms with E-state index in [1.54, 1.807) is 0 Å². The number of hydrogen-bond donors (Lipinski definition) is 1. The van der Waals surface area contributed by atoms with Gasteiger partial charge in [-0.15, -0.1) is 0 Å². The van der Waals surface area contributed by atoms with Crippen molar-refractivity contribution in [1.82, 2.24) is 19.7 Å². The summed E-state index contributed by atoms with van der Waals surface area (Å²) in [5, 5.41) is 7.42. The van der Waals surface area contributed by atoms with Crippen LogP contribution < -0.4 is 0 Å². The summed E-state index contributed by atoms with van der Waals surface area (Å²) in [6.45, 7) is 6.77. The zero-order chi connectivity index (χ0) is 17.9. The van der Waals surface area contributed by atoms with Crippen LogP contribution in [0.1, 0.15) is 41.4 Å². The van der Waals surface area contributed by atoms with E-state index in [9.17, 15) is 0 Å². The molecular formula is C21H26N4O. The van der Waals surface area contributed by atoms with Crippen molar-refractivity contribution < 1.29 is 4.74 Å². The number of imidazole rings is 1. The Hall–Kier alpha value is -2.40. The van der Waals surface area contributed by atoms with Crippen molar-refractivity contribution in [1.29, 1.82) is 0 Å². The molecule has 0 unspecified atom stereocenters. The van der Waals surface area contributed by atoms with E-state index in [0.717, 1.165) is 50.4 Å². The minimum atomic E-state index is 0.507. The summed E-state index contributed by atoms with van der Waals surface area (Å²) in [6, 6.07) is 10.5. The van der Waals surface area contributed by atoms with Gasteiger partial charge >= 0.3 is 0 Å². The van der Waals surface area contributed by atoms with Crippen LogP contribution in [0.5, 0.6) is 0 Å². The summed E-state index contributed by atoms with van der Waals surface area (Å²) >= 11 is 0. The number of rotatable bonds is 5. The van der Waals surface area contributed by atoms with E-state index in [4.69, 9.17) is 9.72 Å². The largest absolute Gasteiger partial charge is 0.381 e. The second kappa shape index (κ2) is 7.46. The quantitative estimate of drug-likeness (QED) is 0.756. The Morgan fingerprint density at radius 1 is 1.15 bits per heavy atom. The van der Waals surface area contributed by atoms with Crippen LogP contribution in [0.25, 0.3) is 11.3 Å². The molecule has 0 spiro atoms. The minimum Gasteiger partial charge on any atom is -0.381 e. The van der Waals surface area contributed by atoms with Gasteiger partial charge < -0.3 is 9.30 Å². The highest BCUT2D eigenvalue weighted by Gasteiger charge is 2.24. The molecule has 1 aliphatic heterocycles. The molecule has 0 saturated carbocycles. The molecule has 136 valence electrons. The monoisotopic (exact) mass is 350 g/mol. The number of aromatic amines is 1. The van der Waals surface area contributed by atoms with E-state index in [2.05, 4.69) is 58.9 Å². The molecule has 0 amide bonds. The molecule has 0 atom stereocenters. The van der Waals surface area contributed by atoms with Crippen molar-refractivity contribution in [3.63, 3.8) is 0 Å². The van der Waals surface area contributed by atoms with Crippen molar-refractivity contribution in [2.45, 2.75) is 45.6 Å². The summed E-state index contributed by atoms with van der Waals surface area (Å²) in [7, 11) is 0. The third-order valence-corrected chi connectivity index (χ3v) is 5.42. The van der Waals surface area contributed by atoms with Crippen LogP contribution in [0.3, 0.4) is 0 Å². The molecule has 26 heavy (non-hydrogen) atoms. The van der Waals surface area contributed by atoms with Gasteiger partial charge in [0.1, 0.15) is 0 Å². The van der Waals surface area contributed by atoms with Crippen LogP contribution >= 0.6 is 0 Å². The van der Waals surface area contributed by atoms with E-state index in [-0.39, 0.29) is 0 Å². The Kier molecular flexibility index (Phi) is 4.89. The van der Waals surface area contributed by atoms with Crippen LogP contribution in [0.2, 0.25) is 0 Å². The van der Waals surface area contributed by atoms with E-state index in [1.807, 2.05) is 6.33 Å². The molecule has 1 N–H and O–H groups in total. The highest BCUT2D eigenvalue weighted by molar-refractivity contribution is 5.62. The van der Waals surface area contributed by atoms with Crippen molar-refractivity contribution in [3.8, 4) is 11.3 Å². The van der Waals surface area contributed by atoms with Gasteiger partial charge in [-0.05, 0) is 38.7 Å². The van der Waals surface area contributed by atoms with Crippen LogP contribution in [0.15, 0.2) is 36.7 Å². The molecule has 0 radical (unpaired) electrons. The highest BCUT2D eigenvalue weighted by Crippen LogP contribution is 2.34. The first-order chi connectivity index (χ1) is 12.7. The predicted octanol–water partition coefficient (Wildman–Crippen LogP) is 4.03. The standard InChI is InChI=1S/C21H26N4O/c1-15-19(16(2)24-23-15)8-11-25-14-22-20(17-6-4-3-5-7-17)21(25)18-9-12-26-13-10-18/h3-7,14,18H,8-13H2,1-2H3,(H,23,24). The van der Waals surface area contributed by atoms with Gasteiger partial charge in [0, 0.05) is 42.6 Å². The fourth-order valence-electron chi connectivity index (χ4n) is 3.96. The molecular weight excluding hydrogens is 324 g/mol. The van der Waals surface area contributed by atoms with Gasteiger partial charge in [-0.25, -0.2) is 4.98 Å². The number of nitrogens with one attached hydrogen (secondary N) is 1. The Balaban J connectivity index is 1.66. The lowest BCUT2D eigenvalue weighted by molar-refractivity contribution is 0.0838. The zero-order valence-electron chi connectivity index (χ0n) is 15.5. The molecule has 0 bridgehead atoms. The molecule has 3 aromatic rings. The normalized spacial score (nSPS) is 15.5. The average molecular weight is 350 g/mol. The fraction of sp³-hybridized carbons (Fsp3) is 0.429. The van der Waals surface area contributed by atoms with Gasteiger partial charge in [0.15, 0.2) is 0 Å². The highest BCUT2D eigenvalue weighted by atomic mass is 16.5. The molecule has 4 rings (SSSR count). The summed E-state index contributed by atoms with van der Waals surface area (Å²) in [5.41, 5.74) is 7.26. The van der Waals surface area contributed by atoms with Gasteiger partial charge in [-0.1, -0.05) is 30.3 Å². The number of benzene rings is 1. The first kappa shape index (κ1) is 17.0. The second-order valence-corrected chi connectivity index (χ2v) is 7.09. The maximum absolute atomic E-state index is 5.59. The molecule has 1 saturated heterocycles. The van der Waals surface area contributed by atoms with Crippen LogP contribution in [0, 0.1) is 13.8 Å². The second-order valence-electron chi connectivity index (χ2n) is 7.09. The molecule has 2 aromatic heterocycles. The Labute approximate surface area is 154 Å². The van der Waals surface area contributed by atoms with E-state index in [0.29, 0.717) is 5.92 Å². The SMILES string of the molecule is Cc1n[nH]c(C)c1CCn1cnc(-c2ccccc2)c1C1CCOCC1. The first-order valence-corrected chi connectivity index (χ1v) is 9.42. The molecule has 1 aromatic carbocycles. The molecule has 5 nitrogen and oxygen atoms in total. The van der Waals surface area contributed by atoms with Gasteiger partial charge in [-0.3, -0.25) is 5.10 Å². The molecule has 0 aliphatic carbocycles. The van der Waals surface area contributed by atoms with Crippen LogP contribution in [-0.4, -0.2) is 33.0 Å². The lowest BCUT2D eigenvalue weighted by Gasteiger charge is -2.24. The van der Waals surface area contributed by atoms with E-state index in [1.165, 1.54) is 22.5 Å². The number of H-pyrrole nitrogens is 1. The number of hydrogen-bond acceptors (Lipinski definition) is 3. The van der Waals surface area contributed by atoms with Crippen LogP contribution in [-0.2, 0) is 17.7 Å². The zero-order valence-corrected chi connectivity index (χ0v) is 15.5. The van der Waals surface area contributed by atoms with Gasteiger partial charge in [-0.2, -0.15) is 5.10 Å². The van der Waals surface area contributed by atoms with Gasteiger partial charge in [0.2, 0.25) is 0 Å². The molecule has 5 heteroatoms. The van der Waals surface area contributed by atoms with E-state index < -0.39 is 0 Å². The number of aromatic nitrogens is 4. The molecule has 3 heterocycles. The molecule has 1 fully saturated rings. The number of ether oxygens (including phenoxy) is 1. The van der Waals surface area contributed by atoms with Crippen molar-refractivity contribution >= 4 is 0 Å². The third-order valence-electron chi connectivity index (χ3n) is 5.42. The first-order valence-electron chi connectivity index (χ1n) is 9.42. The Bertz CT molecular complexity index is 840. The number of nitrogens with zero attached hydrogens (tertiary/aromatic N) is 3.